The van der Waals surface area contributed by atoms with Crippen LogP contribution in [0.5, 0.6) is 0 Å². The highest BCUT2D eigenvalue weighted by molar-refractivity contribution is 5.69. The zero-order chi connectivity index (χ0) is 72.7. The van der Waals surface area contributed by atoms with Gasteiger partial charge in [-0.15, -0.1) is 0 Å². The van der Waals surface area contributed by atoms with Crippen molar-refractivity contribution in [3.63, 3.8) is 0 Å². The van der Waals surface area contributed by atoms with Crippen molar-refractivity contribution in [2.24, 2.45) is 63.9 Å². The molecule has 6 aliphatic rings. The summed E-state index contributed by atoms with van der Waals surface area (Å²) in [5, 5.41) is 0. The molecule has 0 bridgehead atoms. The second kappa shape index (κ2) is 36.3. The van der Waals surface area contributed by atoms with Crippen molar-refractivity contribution >= 4 is 5.97 Å². The molecule has 2 heterocycles. The summed E-state index contributed by atoms with van der Waals surface area (Å²) in [6.07, 6.45) is 1.78. The van der Waals surface area contributed by atoms with E-state index in [0.717, 1.165) is 89.5 Å². The number of rotatable bonds is 32. The van der Waals surface area contributed by atoms with E-state index in [1.807, 2.05) is 24.3 Å². The van der Waals surface area contributed by atoms with Gasteiger partial charge < -0.3 is 57.8 Å². The van der Waals surface area contributed by atoms with Crippen LogP contribution >= 0.6 is 0 Å². The molecule has 0 amide bonds. The van der Waals surface area contributed by atoms with Gasteiger partial charge in [-0.25, -0.2) is 0 Å². The Kier molecular flexibility index (Phi) is 25.9. The molecule has 106 heavy (non-hydrogen) atoms. The molecule has 4 aliphatic carbocycles. The Morgan fingerprint density at radius 1 is 0.425 bits per heavy atom. The maximum atomic E-state index is 13.5. The minimum atomic E-state index is -0.618. The van der Waals surface area contributed by atoms with Crippen LogP contribution in [-0.2, 0) is 110 Å². The highest BCUT2D eigenvalue weighted by Crippen LogP contribution is 2.73. The van der Waals surface area contributed by atoms with Gasteiger partial charge in [-0.1, -0.05) is 263 Å². The number of benzene rings is 8. The van der Waals surface area contributed by atoms with Crippen molar-refractivity contribution in [1.82, 2.24) is 0 Å². The predicted molar refractivity (Wildman–Crippen MR) is 411 cm³/mol. The average molecular weight is 1430 g/mol. The standard InChI is InChI=1S/C93H111NO12/c1-64(45-48-82(95)96-4)76-46-47-77-83-75(84-88(101-58-69-37-21-9-22-38-69)90(103-60-71-41-25-11-26-42-71)86(99-56-67-33-17-7-18-34-67)80(105-84)62-97-54-65-29-13-5-14-30-65)52-73-51-74(94)49-50-92(73,2)78(83)53-79(93(76,77)3)85-89(102-59-70-39-23-10-24-40-70)91(104-61-72-43-27-12-28-44-72)87(100-57-68-35-19-8-20-36-68)81(106-85)63-98-55-66-31-15-6-16-32-66/h5-44,64,73-81,83-91H,45-63,94H2,1-4H3/t64-,73+,74+,75+,76-,77+,78+,79+,80-,81-,83+,84?,85+,86-,87-,88+,89+,90+,91+,92+,93-/m1/s1. The summed E-state index contributed by atoms with van der Waals surface area (Å²) in [6.45, 7) is 11.0. The lowest BCUT2D eigenvalue weighted by Crippen LogP contribution is -2.70. The van der Waals surface area contributed by atoms with Gasteiger partial charge in [0.05, 0.1) is 85.4 Å². The number of methoxy groups -OCH3 is 1. The quantitative estimate of drug-likeness (QED) is 0.0400. The Morgan fingerprint density at radius 2 is 0.783 bits per heavy atom. The highest BCUT2D eigenvalue weighted by atomic mass is 16.6. The molecule has 0 aromatic heterocycles. The number of esters is 1. The second-order valence-corrected chi connectivity index (χ2v) is 31.8. The maximum absolute atomic E-state index is 13.5. The third-order valence-electron chi connectivity index (χ3n) is 25.5. The summed E-state index contributed by atoms with van der Waals surface area (Å²) in [5.74, 6) is 0.668. The molecule has 21 atom stereocenters. The van der Waals surface area contributed by atoms with Gasteiger partial charge in [0.2, 0.25) is 0 Å². The van der Waals surface area contributed by atoms with Gasteiger partial charge >= 0.3 is 5.97 Å². The van der Waals surface area contributed by atoms with Gasteiger partial charge in [-0.05, 0) is 154 Å². The van der Waals surface area contributed by atoms with Crippen LogP contribution in [0.1, 0.15) is 123 Å². The van der Waals surface area contributed by atoms with E-state index in [9.17, 15) is 4.79 Å². The number of carbonyl (C=O) groups is 1. The Morgan fingerprint density at radius 3 is 1.18 bits per heavy atom. The fourth-order valence-electron chi connectivity index (χ4n) is 20.2. The lowest BCUT2D eigenvalue weighted by Gasteiger charge is -2.68. The molecule has 14 rings (SSSR count). The summed E-state index contributed by atoms with van der Waals surface area (Å²) in [5.41, 5.74) is 15.3. The molecule has 0 radical (unpaired) electrons. The molecule has 1 unspecified atom stereocenters. The fourth-order valence-corrected chi connectivity index (χ4v) is 20.2. The van der Waals surface area contributed by atoms with Crippen molar-refractivity contribution in [3.8, 4) is 0 Å². The summed E-state index contributed by atoms with van der Waals surface area (Å²) in [4.78, 5) is 13.5. The third kappa shape index (κ3) is 17.9. The van der Waals surface area contributed by atoms with Crippen molar-refractivity contribution in [2.75, 3.05) is 20.3 Å². The van der Waals surface area contributed by atoms with Crippen LogP contribution in [0.2, 0.25) is 0 Å². The van der Waals surface area contributed by atoms with Gasteiger partial charge in [0.15, 0.2) is 0 Å². The largest absolute Gasteiger partial charge is 0.469 e. The normalized spacial score (nSPS) is 31.6. The molecule has 8 aromatic rings. The van der Waals surface area contributed by atoms with E-state index in [1.54, 1.807) is 0 Å². The Bertz CT molecular complexity index is 3910. The summed E-state index contributed by atoms with van der Waals surface area (Å²) >= 11 is 0. The first kappa shape index (κ1) is 75.6. The van der Waals surface area contributed by atoms with E-state index in [-0.39, 0.29) is 78.0 Å². The van der Waals surface area contributed by atoms with Gasteiger partial charge in [0, 0.05) is 12.5 Å². The molecule has 2 N–H and O–H groups in total. The van der Waals surface area contributed by atoms with Crippen molar-refractivity contribution in [1.29, 1.82) is 0 Å². The van der Waals surface area contributed by atoms with E-state index in [0.29, 0.717) is 65.7 Å². The Labute approximate surface area is 629 Å². The fraction of sp³-hybridized carbons (Fsp3) is 0.473. The van der Waals surface area contributed by atoms with Crippen LogP contribution in [0.4, 0.5) is 0 Å². The first-order chi connectivity index (χ1) is 52.0. The number of ether oxygens (including phenoxy) is 11. The molecule has 4 saturated carbocycles. The second-order valence-electron chi connectivity index (χ2n) is 31.8. The molecular weight excluding hydrogens is 1320 g/mol. The average Bonchev–Trinajstić information content (AvgIpc) is 1.32. The van der Waals surface area contributed by atoms with E-state index < -0.39 is 66.5 Å². The summed E-state index contributed by atoms with van der Waals surface area (Å²) in [7, 11) is 1.51. The molecule has 2 aliphatic heterocycles. The molecule has 560 valence electrons. The van der Waals surface area contributed by atoms with Gasteiger partial charge in [-0.2, -0.15) is 0 Å². The molecule has 0 spiro atoms. The van der Waals surface area contributed by atoms with Crippen LogP contribution < -0.4 is 5.73 Å². The topological polar surface area (TPSA) is 145 Å². The first-order valence-electron chi connectivity index (χ1n) is 39.3. The maximum Gasteiger partial charge on any atom is 0.305 e. The number of hydrogen-bond acceptors (Lipinski definition) is 13. The summed E-state index contributed by atoms with van der Waals surface area (Å²) in [6, 6.07) is 83.7. The van der Waals surface area contributed by atoms with Crippen molar-refractivity contribution in [2.45, 2.75) is 198 Å². The van der Waals surface area contributed by atoms with Gasteiger partial charge in [0.25, 0.3) is 0 Å². The van der Waals surface area contributed by atoms with E-state index in [4.69, 9.17) is 57.8 Å². The zero-order valence-electron chi connectivity index (χ0n) is 62.5. The number of carbonyl (C=O) groups excluding carboxylic acids is 1. The predicted octanol–water partition coefficient (Wildman–Crippen LogP) is 17.5. The number of nitrogens with two attached hydrogens (primary N) is 1. The SMILES string of the molecule is COC(=O)CC[C@@H](C)[C@H]1CC[C@H]2[C@@H]3[C@@H](C4O[C@H](COCc5ccccc5)[C@@H](OCc5ccccc5)[C@H](OCc5ccccc5)[C@H]4OCc4ccccc4)C[C@@H]4C[C@@H](N)CC[C@]4(C)[C@H]3C[C@@H]([C@@H]3O[C@H](COCc4ccccc4)[C@@H](OCc4ccccc4)[C@H](OCc4ccccc4)[C@H]3OCc3ccccc3)[C@]12C. The van der Waals surface area contributed by atoms with Crippen LogP contribution in [0.15, 0.2) is 243 Å². The molecule has 13 heteroatoms. The summed E-state index contributed by atoms with van der Waals surface area (Å²) < 4.78 is 81.3. The highest BCUT2D eigenvalue weighted by Gasteiger charge is 2.70. The monoisotopic (exact) mass is 1430 g/mol. The van der Waals surface area contributed by atoms with E-state index in [1.165, 1.54) is 7.11 Å². The zero-order valence-corrected chi connectivity index (χ0v) is 62.5. The minimum Gasteiger partial charge on any atom is -0.469 e. The van der Waals surface area contributed by atoms with Crippen molar-refractivity contribution < 1.29 is 56.9 Å². The Balaban J connectivity index is 0.925. The smallest absolute Gasteiger partial charge is 0.305 e. The van der Waals surface area contributed by atoms with E-state index in [2.05, 4.69) is 239 Å². The number of hydrogen-bond donors (Lipinski definition) is 1. The molecule has 13 nitrogen and oxygen atoms in total. The molecule has 8 aromatic carbocycles. The third-order valence-corrected chi connectivity index (χ3v) is 25.5. The van der Waals surface area contributed by atoms with Gasteiger partial charge in [0.1, 0.15) is 48.8 Å². The minimum absolute atomic E-state index is 0.0349. The number of fused-ring (bicyclic) bond motifs is 5. The van der Waals surface area contributed by atoms with Crippen LogP contribution in [0.3, 0.4) is 0 Å². The van der Waals surface area contributed by atoms with Crippen LogP contribution in [0, 0.1) is 58.2 Å². The molecule has 6 fully saturated rings. The van der Waals surface area contributed by atoms with Crippen molar-refractivity contribution in [3.05, 3.63) is 287 Å². The molecule has 2 saturated heterocycles. The van der Waals surface area contributed by atoms with Crippen LogP contribution in [-0.4, -0.2) is 93.4 Å². The molecular formula is C93H111NO12. The van der Waals surface area contributed by atoms with Gasteiger partial charge in [-0.3, -0.25) is 4.79 Å². The lowest BCUT2D eigenvalue weighted by atomic mass is 9.39. The first-order valence-corrected chi connectivity index (χ1v) is 39.3. The van der Waals surface area contributed by atoms with Crippen LogP contribution in [0.25, 0.3) is 0 Å². The lowest BCUT2D eigenvalue weighted by molar-refractivity contribution is -0.312. The van der Waals surface area contributed by atoms with E-state index >= 15 is 0 Å². The Hall–Kier alpha value is -7.21.